The maximum atomic E-state index is 2.67. The maximum absolute atomic E-state index is 2.67. The molecule has 0 heterocycles. The van der Waals surface area contributed by atoms with E-state index in [0.29, 0.717) is 0 Å². The molecule has 2 rings (SSSR count). The molecule has 0 aromatic heterocycles. The van der Waals surface area contributed by atoms with E-state index < -0.39 is 0 Å². The van der Waals surface area contributed by atoms with Crippen LogP contribution in [0.5, 0.6) is 0 Å². The van der Waals surface area contributed by atoms with Crippen molar-refractivity contribution in [1.29, 1.82) is 0 Å². The Morgan fingerprint density at radius 1 is 1.08 bits per heavy atom. The first-order chi connectivity index (χ1) is 6.31. The Morgan fingerprint density at radius 2 is 1.85 bits per heavy atom. The van der Waals surface area contributed by atoms with E-state index in [4.69, 9.17) is 0 Å². The summed E-state index contributed by atoms with van der Waals surface area (Å²) >= 11 is 0. The van der Waals surface area contributed by atoms with Crippen LogP contribution in [0.15, 0.2) is 0 Å². The van der Waals surface area contributed by atoms with Gasteiger partial charge in [0.25, 0.3) is 0 Å². The number of rotatable bonds is 3. The largest absolute Gasteiger partial charge is 0.300 e. The van der Waals surface area contributed by atoms with Crippen molar-refractivity contribution in [2.45, 2.75) is 64.0 Å². The summed E-state index contributed by atoms with van der Waals surface area (Å²) in [7, 11) is 2.35. The molecule has 0 saturated heterocycles. The molecule has 13 heavy (non-hydrogen) atoms. The Morgan fingerprint density at radius 3 is 2.46 bits per heavy atom. The Balaban J connectivity index is 1.83. The predicted molar refractivity (Wildman–Crippen MR) is 56.8 cm³/mol. The molecule has 2 aliphatic carbocycles. The highest BCUT2D eigenvalue weighted by Crippen LogP contribution is 2.34. The van der Waals surface area contributed by atoms with Gasteiger partial charge in [0, 0.05) is 12.1 Å². The highest BCUT2D eigenvalue weighted by atomic mass is 15.2. The van der Waals surface area contributed by atoms with Crippen LogP contribution in [0.4, 0.5) is 0 Å². The average molecular weight is 181 g/mol. The Hall–Kier alpha value is -0.0400. The van der Waals surface area contributed by atoms with Gasteiger partial charge < -0.3 is 4.90 Å². The van der Waals surface area contributed by atoms with Crippen LogP contribution in [-0.2, 0) is 0 Å². The molecule has 0 N–H and O–H groups in total. The monoisotopic (exact) mass is 181 g/mol. The van der Waals surface area contributed by atoms with Gasteiger partial charge in [-0.25, -0.2) is 0 Å². The standard InChI is InChI=1S/C12H23N/c1-3-10-5-4-6-12(9-10)13(2)11-7-8-11/h10-12H,3-9H2,1-2H3. The van der Waals surface area contributed by atoms with Crippen molar-refractivity contribution in [3.63, 3.8) is 0 Å². The summed E-state index contributed by atoms with van der Waals surface area (Å²) in [5.74, 6) is 1.03. The average Bonchev–Trinajstić information content (AvgIpc) is 3.00. The van der Waals surface area contributed by atoms with E-state index in [1.165, 1.54) is 44.9 Å². The van der Waals surface area contributed by atoms with Crippen molar-refractivity contribution >= 4 is 0 Å². The lowest BCUT2D eigenvalue weighted by Crippen LogP contribution is -2.37. The molecule has 2 fully saturated rings. The Labute approximate surface area is 82.5 Å². The van der Waals surface area contributed by atoms with Crippen molar-refractivity contribution in [2.75, 3.05) is 7.05 Å². The maximum Gasteiger partial charge on any atom is 0.00977 e. The summed E-state index contributed by atoms with van der Waals surface area (Å²) in [4.78, 5) is 2.67. The lowest BCUT2D eigenvalue weighted by Gasteiger charge is -2.35. The van der Waals surface area contributed by atoms with E-state index in [9.17, 15) is 0 Å². The number of hydrogen-bond donors (Lipinski definition) is 0. The molecule has 2 atom stereocenters. The second-order valence-electron chi connectivity index (χ2n) is 4.99. The molecule has 0 bridgehead atoms. The zero-order valence-electron chi connectivity index (χ0n) is 9.13. The van der Waals surface area contributed by atoms with Crippen LogP contribution in [-0.4, -0.2) is 24.0 Å². The first kappa shape index (κ1) is 9.51. The highest BCUT2D eigenvalue weighted by Gasteiger charge is 2.33. The van der Waals surface area contributed by atoms with E-state index in [-0.39, 0.29) is 0 Å². The van der Waals surface area contributed by atoms with Gasteiger partial charge in [-0.3, -0.25) is 0 Å². The van der Waals surface area contributed by atoms with Crippen molar-refractivity contribution < 1.29 is 0 Å². The second kappa shape index (κ2) is 4.00. The van der Waals surface area contributed by atoms with Gasteiger partial charge in [0.1, 0.15) is 0 Å². The summed E-state index contributed by atoms with van der Waals surface area (Å²) in [6.07, 6.45) is 10.2. The van der Waals surface area contributed by atoms with E-state index in [1.54, 1.807) is 0 Å². The second-order valence-corrected chi connectivity index (χ2v) is 4.99. The minimum absolute atomic E-state index is 0.922. The molecular formula is C12H23N. The summed E-state index contributed by atoms with van der Waals surface area (Å²) in [5, 5.41) is 0. The molecule has 0 aromatic rings. The van der Waals surface area contributed by atoms with Crippen LogP contribution in [0.2, 0.25) is 0 Å². The number of hydrogen-bond acceptors (Lipinski definition) is 1. The molecule has 1 nitrogen and oxygen atoms in total. The molecule has 0 aliphatic heterocycles. The summed E-state index contributed by atoms with van der Waals surface area (Å²) in [6.45, 7) is 2.35. The van der Waals surface area contributed by atoms with Gasteiger partial charge in [0.2, 0.25) is 0 Å². The van der Waals surface area contributed by atoms with Gasteiger partial charge in [0.15, 0.2) is 0 Å². The molecule has 0 amide bonds. The van der Waals surface area contributed by atoms with Crippen LogP contribution in [0.25, 0.3) is 0 Å². The Bertz CT molecular complexity index is 163. The quantitative estimate of drug-likeness (QED) is 0.647. The molecule has 76 valence electrons. The van der Waals surface area contributed by atoms with E-state index in [2.05, 4.69) is 18.9 Å². The number of nitrogens with zero attached hydrogens (tertiary/aromatic N) is 1. The van der Waals surface area contributed by atoms with Crippen LogP contribution in [0, 0.1) is 5.92 Å². The molecule has 0 aromatic carbocycles. The molecule has 2 aliphatic rings. The van der Waals surface area contributed by atoms with Crippen molar-refractivity contribution in [3.05, 3.63) is 0 Å². The van der Waals surface area contributed by atoms with Gasteiger partial charge >= 0.3 is 0 Å². The fraction of sp³-hybridized carbons (Fsp3) is 1.00. The predicted octanol–water partition coefficient (Wildman–Crippen LogP) is 3.05. The zero-order chi connectivity index (χ0) is 9.26. The molecule has 2 unspecified atom stereocenters. The lowest BCUT2D eigenvalue weighted by atomic mass is 9.83. The van der Waals surface area contributed by atoms with Crippen LogP contribution in [0.3, 0.4) is 0 Å². The third-order valence-electron chi connectivity index (χ3n) is 4.03. The SMILES string of the molecule is CCC1CCCC(N(C)C2CC2)C1. The van der Waals surface area contributed by atoms with Crippen molar-refractivity contribution in [1.82, 2.24) is 4.90 Å². The van der Waals surface area contributed by atoms with E-state index in [0.717, 1.165) is 18.0 Å². The van der Waals surface area contributed by atoms with Gasteiger partial charge in [-0.15, -0.1) is 0 Å². The van der Waals surface area contributed by atoms with E-state index >= 15 is 0 Å². The summed E-state index contributed by atoms with van der Waals surface area (Å²) in [5.41, 5.74) is 0. The minimum Gasteiger partial charge on any atom is -0.300 e. The van der Waals surface area contributed by atoms with Gasteiger partial charge in [-0.1, -0.05) is 26.2 Å². The Kier molecular flexibility index (Phi) is 2.92. The normalized spacial score (nSPS) is 35.3. The third-order valence-corrected chi connectivity index (χ3v) is 4.03. The highest BCUT2D eigenvalue weighted by molar-refractivity contribution is 4.88. The molecule has 0 radical (unpaired) electrons. The lowest BCUT2D eigenvalue weighted by molar-refractivity contribution is 0.149. The topological polar surface area (TPSA) is 3.24 Å². The summed E-state index contributed by atoms with van der Waals surface area (Å²) in [6, 6.07) is 1.88. The van der Waals surface area contributed by atoms with Gasteiger partial charge in [-0.2, -0.15) is 0 Å². The van der Waals surface area contributed by atoms with Gasteiger partial charge in [-0.05, 0) is 38.6 Å². The van der Waals surface area contributed by atoms with Crippen LogP contribution < -0.4 is 0 Å². The smallest absolute Gasteiger partial charge is 0.00977 e. The van der Waals surface area contributed by atoms with Crippen LogP contribution >= 0.6 is 0 Å². The van der Waals surface area contributed by atoms with Crippen molar-refractivity contribution in [3.8, 4) is 0 Å². The zero-order valence-corrected chi connectivity index (χ0v) is 9.13. The summed E-state index contributed by atoms with van der Waals surface area (Å²) < 4.78 is 0. The first-order valence-electron chi connectivity index (χ1n) is 6.03. The van der Waals surface area contributed by atoms with Crippen LogP contribution in [0.1, 0.15) is 51.9 Å². The van der Waals surface area contributed by atoms with E-state index in [1.807, 2.05) is 0 Å². The van der Waals surface area contributed by atoms with Crippen molar-refractivity contribution in [2.24, 2.45) is 5.92 Å². The fourth-order valence-corrected chi connectivity index (χ4v) is 2.78. The third kappa shape index (κ3) is 2.25. The first-order valence-corrected chi connectivity index (χ1v) is 6.03. The van der Waals surface area contributed by atoms with Gasteiger partial charge in [0.05, 0.1) is 0 Å². The molecule has 1 heteroatoms. The molecular weight excluding hydrogens is 158 g/mol. The minimum atomic E-state index is 0.922. The fourth-order valence-electron chi connectivity index (χ4n) is 2.78. The molecule has 0 spiro atoms. The molecule has 2 saturated carbocycles.